The van der Waals surface area contributed by atoms with E-state index in [0.717, 1.165) is 10.1 Å². The van der Waals surface area contributed by atoms with Gasteiger partial charge in [-0.3, -0.25) is 23.9 Å². The third-order valence-electron chi connectivity index (χ3n) is 6.07. The number of carbonyl (C=O) groups is 2. The number of alkyl halides is 3. The van der Waals surface area contributed by atoms with Crippen LogP contribution in [0.4, 0.5) is 19.0 Å². The van der Waals surface area contributed by atoms with Gasteiger partial charge in [0.05, 0.1) is 6.54 Å². The third kappa shape index (κ3) is 4.10. The Balaban J connectivity index is 1.84. The van der Waals surface area contributed by atoms with Crippen LogP contribution in [0.1, 0.15) is 47.8 Å². The number of hydrogen-bond acceptors (Lipinski definition) is 4. The molecule has 3 aromatic rings. The fourth-order valence-electron chi connectivity index (χ4n) is 4.11. The van der Waals surface area contributed by atoms with Crippen LogP contribution in [0.25, 0.3) is 0 Å². The standard InChI is InChI=1S/C25H23F3N4O4/c1-23(2,3)16-11-9-15(10-12-16)19(33)31-24(25(26,27)28)17-18(29-21(24)35)32(22(36)30-20(17)34)13-14-7-5-4-6-8-14/h4-12H,13H2,1-3H3,(H,29,35)(H,31,33)(H,30,34,36). The Hall–Kier alpha value is -4.15. The Bertz CT molecular complexity index is 1450. The van der Waals surface area contributed by atoms with E-state index in [1.165, 1.54) is 12.1 Å². The maximum Gasteiger partial charge on any atom is 0.425 e. The van der Waals surface area contributed by atoms with Crippen LogP contribution in [0.5, 0.6) is 0 Å². The summed E-state index contributed by atoms with van der Waals surface area (Å²) in [5.41, 5.74) is -6.27. The summed E-state index contributed by atoms with van der Waals surface area (Å²) < 4.78 is 44.5. The first-order chi connectivity index (χ1) is 16.8. The van der Waals surface area contributed by atoms with E-state index < -0.39 is 46.2 Å². The molecule has 1 unspecified atom stereocenters. The van der Waals surface area contributed by atoms with E-state index in [1.807, 2.05) is 31.1 Å². The number of aromatic amines is 1. The van der Waals surface area contributed by atoms with Crippen LogP contribution in [-0.4, -0.2) is 27.5 Å². The molecule has 0 radical (unpaired) electrons. The number of benzene rings is 2. The Morgan fingerprint density at radius 1 is 0.972 bits per heavy atom. The Kier molecular flexibility index (Phi) is 5.90. The molecule has 1 aliphatic rings. The topological polar surface area (TPSA) is 113 Å². The lowest BCUT2D eigenvalue weighted by Crippen LogP contribution is -2.62. The van der Waals surface area contributed by atoms with Crippen molar-refractivity contribution in [3.8, 4) is 0 Å². The van der Waals surface area contributed by atoms with E-state index in [4.69, 9.17) is 0 Å². The van der Waals surface area contributed by atoms with E-state index >= 15 is 0 Å². The van der Waals surface area contributed by atoms with Gasteiger partial charge in [0.2, 0.25) is 0 Å². The first-order valence-electron chi connectivity index (χ1n) is 11.0. The fourth-order valence-corrected chi connectivity index (χ4v) is 4.11. The Labute approximate surface area is 203 Å². The molecule has 2 amide bonds. The number of hydrogen-bond donors (Lipinski definition) is 3. The second-order valence-electron chi connectivity index (χ2n) is 9.54. The van der Waals surface area contributed by atoms with Crippen LogP contribution in [0.15, 0.2) is 64.2 Å². The number of carbonyl (C=O) groups excluding carboxylic acids is 2. The molecule has 8 nitrogen and oxygen atoms in total. The van der Waals surface area contributed by atoms with Gasteiger partial charge in [-0.05, 0) is 28.7 Å². The predicted octanol–water partition coefficient (Wildman–Crippen LogP) is 3.02. The lowest BCUT2D eigenvalue weighted by Gasteiger charge is -2.30. The van der Waals surface area contributed by atoms with Crippen LogP contribution in [0, 0.1) is 0 Å². The van der Waals surface area contributed by atoms with Crippen molar-refractivity contribution < 1.29 is 22.8 Å². The van der Waals surface area contributed by atoms with Gasteiger partial charge >= 0.3 is 11.9 Å². The number of halogens is 3. The number of anilines is 1. The van der Waals surface area contributed by atoms with E-state index in [2.05, 4.69) is 0 Å². The van der Waals surface area contributed by atoms with E-state index in [1.54, 1.807) is 47.8 Å². The van der Waals surface area contributed by atoms with Crippen molar-refractivity contribution in [2.24, 2.45) is 0 Å². The van der Waals surface area contributed by atoms with Crippen molar-refractivity contribution in [1.82, 2.24) is 14.9 Å². The average molecular weight is 500 g/mol. The molecule has 0 saturated heterocycles. The SMILES string of the molecule is CC(C)(C)c1ccc(C(=O)NC2(C(F)(F)F)C(=O)Nc3c2c(=O)[nH]c(=O)n3Cc2ccccc2)cc1. The summed E-state index contributed by atoms with van der Waals surface area (Å²) in [7, 11) is 0. The minimum atomic E-state index is -5.41. The maximum atomic E-state index is 14.6. The smallest absolute Gasteiger partial charge is 0.326 e. The fraction of sp³-hybridized carbons (Fsp3) is 0.280. The molecule has 0 aliphatic carbocycles. The van der Waals surface area contributed by atoms with Crippen LogP contribution >= 0.6 is 0 Å². The van der Waals surface area contributed by atoms with Crippen LogP contribution in [0.3, 0.4) is 0 Å². The lowest BCUT2D eigenvalue weighted by molar-refractivity contribution is -0.196. The summed E-state index contributed by atoms with van der Waals surface area (Å²) >= 11 is 0. The van der Waals surface area contributed by atoms with Crippen molar-refractivity contribution in [1.29, 1.82) is 0 Å². The van der Waals surface area contributed by atoms with E-state index in [0.29, 0.717) is 5.56 Å². The summed E-state index contributed by atoms with van der Waals surface area (Å²) in [6, 6.07) is 14.2. The van der Waals surface area contributed by atoms with E-state index in [9.17, 15) is 32.3 Å². The summed E-state index contributed by atoms with van der Waals surface area (Å²) in [4.78, 5) is 52.9. The van der Waals surface area contributed by atoms with Gasteiger partial charge in [0, 0.05) is 5.56 Å². The van der Waals surface area contributed by atoms with Gasteiger partial charge in [-0.15, -0.1) is 0 Å². The molecule has 1 atom stereocenters. The molecule has 4 rings (SSSR count). The molecule has 3 N–H and O–H groups in total. The van der Waals surface area contributed by atoms with Gasteiger partial charge in [0.25, 0.3) is 22.9 Å². The molecule has 2 heterocycles. The molecular formula is C25H23F3N4O4. The molecular weight excluding hydrogens is 477 g/mol. The van der Waals surface area contributed by atoms with Gasteiger partial charge in [0.1, 0.15) is 11.4 Å². The summed E-state index contributed by atoms with van der Waals surface area (Å²) in [5.74, 6) is -3.53. The largest absolute Gasteiger partial charge is 0.425 e. The number of fused-ring (bicyclic) bond motifs is 1. The average Bonchev–Trinajstić information content (AvgIpc) is 3.10. The number of H-pyrrole nitrogens is 1. The second-order valence-corrected chi connectivity index (χ2v) is 9.54. The van der Waals surface area contributed by atoms with Gasteiger partial charge < -0.3 is 10.6 Å². The Morgan fingerprint density at radius 3 is 2.14 bits per heavy atom. The first-order valence-corrected chi connectivity index (χ1v) is 11.0. The highest BCUT2D eigenvalue weighted by Crippen LogP contribution is 2.45. The monoisotopic (exact) mass is 500 g/mol. The normalized spacial score (nSPS) is 17.4. The van der Waals surface area contributed by atoms with Crippen molar-refractivity contribution in [3.63, 3.8) is 0 Å². The highest BCUT2D eigenvalue weighted by Gasteiger charge is 2.68. The first kappa shape index (κ1) is 25.0. The van der Waals surface area contributed by atoms with E-state index in [-0.39, 0.29) is 17.5 Å². The van der Waals surface area contributed by atoms with Crippen LogP contribution in [0.2, 0.25) is 0 Å². The molecule has 0 saturated carbocycles. The lowest BCUT2D eigenvalue weighted by atomic mass is 9.86. The van der Waals surface area contributed by atoms with Crippen molar-refractivity contribution in [2.45, 2.75) is 44.4 Å². The number of aromatic nitrogens is 2. The zero-order chi connectivity index (χ0) is 26.5. The van der Waals surface area contributed by atoms with Gasteiger partial charge in [-0.1, -0.05) is 63.2 Å². The minimum Gasteiger partial charge on any atom is -0.326 e. The molecule has 0 fully saturated rings. The number of nitrogens with one attached hydrogen (secondary N) is 3. The van der Waals surface area contributed by atoms with Gasteiger partial charge in [-0.2, -0.15) is 13.2 Å². The minimum absolute atomic E-state index is 0.137. The Morgan fingerprint density at radius 2 is 1.58 bits per heavy atom. The molecule has 36 heavy (non-hydrogen) atoms. The number of amides is 2. The van der Waals surface area contributed by atoms with Gasteiger partial charge in [0.15, 0.2) is 0 Å². The maximum absolute atomic E-state index is 14.6. The van der Waals surface area contributed by atoms with Crippen LogP contribution in [-0.2, 0) is 22.3 Å². The quantitative estimate of drug-likeness (QED) is 0.511. The molecule has 0 bridgehead atoms. The molecule has 0 spiro atoms. The molecule has 2 aromatic carbocycles. The highest BCUT2D eigenvalue weighted by atomic mass is 19.4. The van der Waals surface area contributed by atoms with Gasteiger partial charge in [-0.25, -0.2) is 4.79 Å². The predicted molar refractivity (Wildman–Crippen MR) is 126 cm³/mol. The molecule has 1 aliphatic heterocycles. The summed E-state index contributed by atoms with van der Waals surface area (Å²) in [6.45, 7) is 5.57. The molecule has 188 valence electrons. The number of nitrogens with zero attached hydrogens (tertiary/aromatic N) is 1. The molecule has 11 heteroatoms. The third-order valence-corrected chi connectivity index (χ3v) is 6.07. The van der Waals surface area contributed by atoms with Crippen molar-refractivity contribution in [3.05, 3.63) is 97.7 Å². The molecule has 1 aromatic heterocycles. The van der Waals surface area contributed by atoms with Crippen molar-refractivity contribution >= 4 is 17.6 Å². The van der Waals surface area contributed by atoms with Crippen molar-refractivity contribution in [2.75, 3.05) is 5.32 Å². The zero-order valence-corrected chi connectivity index (χ0v) is 19.6. The van der Waals surface area contributed by atoms with Crippen LogP contribution < -0.4 is 21.9 Å². The highest BCUT2D eigenvalue weighted by molar-refractivity contribution is 6.09. The zero-order valence-electron chi connectivity index (χ0n) is 19.6. The summed E-state index contributed by atoms with van der Waals surface area (Å²) in [6.07, 6.45) is -5.41. The second kappa shape index (κ2) is 8.51. The number of rotatable bonds is 4. The summed E-state index contributed by atoms with van der Waals surface area (Å²) in [5, 5.41) is 3.77.